The summed E-state index contributed by atoms with van der Waals surface area (Å²) in [6.07, 6.45) is 0. The number of methoxy groups -OCH3 is 1. The molecule has 2 aromatic carbocycles. The predicted molar refractivity (Wildman–Crippen MR) is 86.2 cm³/mol. The molecule has 0 fully saturated rings. The van der Waals surface area contributed by atoms with Gasteiger partial charge >= 0.3 is 0 Å². The first-order chi connectivity index (χ1) is 11.1. The maximum Gasteiger partial charge on any atom is 0.251 e. The first-order valence-electron chi connectivity index (χ1n) is 7.40. The van der Waals surface area contributed by atoms with Gasteiger partial charge in [-0.05, 0) is 37.6 Å². The topological polar surface area (TPSA) is 56.8 Å². The highest BCUT2D eigenvalue weighted by Gasteiger charge is 2.16. The SMILES string of the molecule is COc1c(C)cc(C)cc1CNC(=O)c1ccc2c(c1)OCO2. The lowest BCUT2D eigenvalue weighted by Crippen LogP contribution is -2.23. The molecule has 1 N–H and O–H groups in total. The van der Waals surface area contributed by atoms with Crippen molar-refractivity contribution in [3.8, 4) is 17.2 Å². The molecule has 0 saturated carbocycles. The van der Waals surface area contributed by atoms with E-state index < -0.39 is 0 Å². The molecule has 0 bridgehead atoms. The molecule has 5 heteroatoms. The molecule has 0 atom stereocenters. The molecule has 1 aliphatic heterocycles. The molecular formula is C18H19NO4. The van der Waals surface area contributed by atoms with Crippen LogP contribution in [0.5, 0.6) is 17.2 Å². The average Bonchev–Trinajstić information content (AvgIpc) is 2.99. The van der Waals surface area contributed by atoms with E-state index in [0.29, 0.717) is 23.6 Å². The van der Waals surface area contributed by atoms with Gasteiger partial charge in [0.15, 0.2) is 11.5 Å². The number of hydrogen-bond donors (Lipinski definition) is 1. The van der Waals surface area contributed by atoms with E-state index in [0.717, 1.165) is 22.4 Å². The molecule has 0 aliphatic carbocycles. The van der Waals surface area contributed by atoms with Gasteiger partial charge in [-0.15, -0.1) is 0 Å². The van der Waals surface area contributed by atoms with E-state index >= 15 is 0 Å². The van der Waals surface area contributed by atoms with Crippen molar-refractivity contribution < 1.29 is 19.0 Å². The molecule has 0 spiro atoms. The van der Waals surface area contributed by atoms with Crippen LogP contribution in [0.2, 0.25) is 0 Å². The number of carbonyl (C=O) groups excluding carboxylic acids is 1. The number of nitrogens with one attached hydrogen (secondary N) is 1. The second-order valence-corrected chi connectivity index (χ2v) is 5.52. The van der Waals surface area contributed by atoms with Crippen LogP contribution >= 0.6 is 0 Å². The number of ether oxygens (including phenoxy) is 3. The minimum absolute atomic E-state index is 0.162. The highest BCUT2D eigenvalue weighted by Crippen LogP contribution is 2.32. The molecule has 23 heavy (non-hydrogen) atoms. The zero-order valence-corrected chi connectivity index (χ0v) is 13.4. The third-order valence-corrected chi connectivity index (χ3v) is 3.77. The van der Waals surface area contributed by atoms with E-state index in [-0.39, 0.29) is 12.7 Å². The van der Waals surface area contributed by atoms with Crippen molar-refractivity contribution in [2.75, 3.05) is 13.9 Å². The number of rotatable bonds is 4. The largest absolute Gasteiger partial charge is 0.496 e. The van der Waals surface area contributed by atoms with Crippen LogP contribution in [0.4, 0.5) is 0 Å². The average molecular weight is 313 g/mol. The molecule has 0 radical (unpaired) electrons. The molecule has 2 aromatic rings. The Labute approximate surface area is 135 Å². The van der Waals surface area contributed by atoms with Gasteiger partial charge in [0.05, 0.1) is 7.11 Å². The van der Waals surface area contributed by atoms with Crippen LogP contribution in [-0.2, 0) is 6.54 Å². The standard InChI is InChI=1S/C18H19NO4/c1-11-6-12(2)17(21-3)14(7-11)9-19-18(20)13-4-5-15-16(8-13)23-10-22-15/h4-8H,9-10H2,1-3H3,(H,19,20). The zero-order valence-electron chi connectivity index (χ0n) is 13.4. The lowest BCUT2D eigenvalue weighted by atomic mass is 10.1. The Kier molecular flexibility index (Phi) is 4.10. The van der Waals surface area contributed by atoms with E-state index in [2.05, 4.69) is 11.4 Å². The zero-order chi connectivity index (χ0) is 16.4. The van der Waals surface area contributed by atoms with Crippen molar-refractivity contribution in [1.82, 2.24) is 5.32 Å². The van der Waals surface area contributed by atoms with Gasteiger partial charge < -0.3 is 19.5 Å². The van der Waals surface area contributed by atoms with Gasteiger partial charge in [0.25, 0.3) is 5.91 Å². The molecule has 1 amide bonds. The molecule has 3 rings (SSSR count). The summed E-state index contributed by atoms with van der Waals surface area (Å²) in [5.74, 6) is 1.91. The minimum Gasteiger partial charge on any atom is -0.496 e. The molecule has 1 heterocycles. The van der Waals surface area contributed by atoms with Gasteiger partial charge in [0, 0.05) is 17.7 Å². The number of fused-ring (bicyclic) bond motifs is 1. The Morgan fingerprint density at radius 1 is 1.17 bits per heavy atom. The molecule has 0 aromatic heterocycles. The van der Waals surface area contributed by atoms with Crippen molar-refractivity contribution in [1.29, 1.82) is 0 Å². The van der Waals surface area contributed by atoms with E-state index in [1.165, 1.54) is 0 Å². The Morgan fingerprint density at radius 2 is 1.96 bits per heavy atom. The van der Waals surface area contributed by atoms with Crippen molar-refractivity contribution in [2.24, 2.45) is 0 Å². The fourth-order valence-electron chi connectivity index (χ4n) is 2.78. The van der Waals surface area contributed by atoms with Crippen LogP contribution in [0.25, 0.3) is 0 Å². The molecule has 120 valence electrons. The van der Waals surface area contributed by atoms with Gasteiger partial charge in [0.2, 0.25) is 6.79 Å². The van der Waals surface area contributed by atoms with Crippen LogP contribution in [0.3, 0.4) is 0 Å². The highest BCUT2D eigenvalue weighted by atomic mass is 16.7. The number of hydrogen-bond acceptors (Lipinski definition) is 4. The van der Waals surface area contributed by atoms with E-state index in [9.17, 15) is 4.79 Å². The Hall–Kier alpha value is -2.69. The van der Waals surface area contributed by atoms with Crippen molar-refractivity contribution in [3.63, 3.8) is 0 Å². The maximum absolute atomic E-state index is 12.3. The smallest absolute Gasteiger partial charge is 0.251 e. The van der Waals surface area contributed by atoms with Crippen molar-refractivity contribution in [3.05, 3.63) is 52.6 Å². The summed E-state index contributed by atoms with van der Waals surface area (Å²) in [4.78, 5) is 12.3. The molecule has 5 nitrogen and oxygen atoms in total. The van der Waals surface area contributed by atoms with E-state index in [1.54, 1.807) is 25.3 Å². The number of benzene rings is 2. The van der Waals surface area contributed by atoms with E-state index in [4.69, 9.17) is 14.2 Å². The Morgan fingerprint density at radius 3 is 2.74 bits per heavy atom. The quantitative estimate of drug-likeness (QED) is 0.943. The summed E-state index contributed by atoms with van der Waals surface area (Å²) in [6.45, 7) is 4.61. The molecular weight excluding hydrogens is 294 g/mol. The fraction of sp³-hybridized carbons (Fsp3) is 0.278. The normalized spacial score (nSPS) is 12.1. The summed E-state index contributed by atoms with van der Waals surface area (Å²) < 4.78 is 16.0. The summed E-state index contributed by atoms with van der Waals surface area (Å²) in [5, 5.41) is 2.92. The Bertz CT molecular complexity index is 755. The van der Waals surface area contributed by atoms with Gasteiger partial charge in [0.1, 0.15) is 5.75 Å². The summed E-state index contributed by atoms with van der Waals surface area (Å²) >= 11 is 0. The van der Waals surface area contributed by atoms with Crippen LogP contribution in [-0.4, -0.2) is 19.8 Å². The second kappa shape index (κ2) is 6.20. The minimum atomic E-state index is -0.162. The van der Waals surface area contributed by atoms with Crippen LogP contribution in [0, 0.1) is 13.8 Å². The lowest BCUT2D eigenvalue weighted by molar-refractivity contribution is 0.0950. The summed E-state index contributed by atoms with van der Waals surface area (Å²) in [6, 6.07) is 9.24. The fourth-order valence-corrected chi connectivity index (χ4v) is 2.78. The number of aryl methyl sites for hydroxylation is 2. The number of amides is 1. The van der Waals surface area contributed by atoms with Crippen LogP contribution in [0.15, 0.2) is 30.3 Å². The van der Waals surface area contributed by atoms with E-state index in [1.807, 2.05) is 19.9 Å². The number of carbonyl (C=O) groups is 1. The molecule has 1 aliphatic rings. The van der Waals surface area contributed by atoms with Crippen molar-refractivity contribution in [2.45, 2.75) is 20.4 Å². The first-order valence-corrected chi connectivity index (χ1v) is 7.40. The molecule has 0 unspecified atom stereocenters. The van der Waals surface area contributed by atoms with Gasteiger partial charge in [-0.25, -0.2) is 0 Å². The van der Waals surface area contributed by atoms with Gasteiger partial charge in [-0.3, -0.25) is 4.79 Å². The summed E-state index contributed by atoms with van der Waals surface area (Å²) in [7, 11) is 1.64. The molecule has 0 saturated heterocycles. The maximum atomic E-state index is 12.3. The second-order valence-electron chi connectivity index (χ2n) is 5.52. The third kappa shape index (κ3) is 3.08. The van der Waals surface area contributed by atoms with Crippen LogP contribution < -0.4 is 19.5 Å². The Balaban J connectivity index is 1.74. The van der Waals surface area contributed by atoms with Gasteiger partial charge in [-0.2, -0.15) is 0 Å². The van der Waals surface area contributed by atoms with Crippen molar-refractivity contribution >= 4 is 5.91 Å². The monoisotopic (exact) mass is 313 g/mol. The highest BCUT2D eigenvalue weighted by molar-refractivity contribution is 5.94. The van der Waals surface area contributed by atoms with Crippen LogP contribution in [0.1, 0.15) is 27.0 Å². The van der Waals surface area contributed by atoms with Gasteiger partial charge in [-0.1, -0.05) is 17.7 Å². The summed E-state index contributed by atoms with van der Waals surface area (Å²) in [5.41, 5.74) is 3.69. The lowest BCUT2D eigenvalue weighted by Gasteiger charge is -2.13. The third-order valence-electron chi connectivity index (χ3n) is 3.77. The predicted octanol–water partition coefficient (Wildman–Crippen LogP) is 2.97. The first kappa shape index (κ1) is 15.2.